The van der Waals surface area contributed by atoms with Crippen LogP contribution in [0.2, 0.25) is 5.02 Å². The molecule has 1 aromatic carbocycles. The number of benzene rings is 1. The van der Waals surface area contributed by atoms with E-state index in [4.69, 9.17) is 11.6 Å². The molecule has 1 heterocycles. The van der Waals surface area contributed by atoms with E-state index < -0.39 is 0 Å². The Labute approximate surface area is 152 Å². The predicted molar refractivity (Wildman–Crippen MR) is 99.8 cm³/mol. The summed E-state index contributed by atoms with van der Waals surface area (Å²) in [7, 11) is 3.65. The summed E-state index contributed by atoms with van der Waals surface area (Å²) in [6.07, 6.45) is 2.58. The molecule has 0 aliphatic rings. The van der Waals surface area contributed by atoms with Gasteiger partial charge in [0, 0.05) is 25.7 Å². The minimum atomic E-state index is 0. The molecule has 2 rings (SSSR count). The SMILES string of the molecule is CN=C(NCCc1ccc(Cl)cc1)NCc1nncn1C.I. The first kappa shape index (κ1) is 18.7. The fraction of sp³-hybridized carbons (Fsp3) is 0.357. The van der Waals surface area contributed by atoms with Gasteiger partial charge in [0.2, 0.25) is 0 Å². The number of rotatable bonds is 5. The highest BCUT2D eigenvalue weighted by atomic mass is 127. The highest BCUT2D eigenvalue weighted by Gasteiger charge is 2.02. The summed E-state index contributed by atoms with van der Waals surface area (Å²) in [5.74, 6) is 1.60. The maximum absolute atomic E-state index is 5.86. The van der Waals surface area contributed by atoms with Gasteiger partial charge >= 0.3 is 0 Å². The molecule has 0 fully saturated rings. The number of aryl methyl sites for hydroxylation is 1. The summed E-state index contributed by atoms with van der Waals surface area (Å²) in [6.45, 7) is 1.37. The summed E-state index contributed by atoms with van der Waals surface area (Å²) >= 11 is 5.86. The van der Waals surface area contributed by atoms with E-state index in [1.807, 2.05) is 35.9 Å². The minimum Gasteiger partial charge on any atom is -0.356 e. The third-order valence-electron chi connectivity index (χ3n) is 3.06. The van der Waals surface area contributed by atoms with Crippen LogP contribution in [-0.2, 0) is 20.0 Å². The van der Waals surface area contributed by atoms with Gasteiger partial charge in [0.05, 0.1) is 6.54 Å². The van der Waals surface area contributed by atoms with Crippen LogP contribution in [-0.4, -0.2) is 34.3 Å². The highest BCUT2D eigenvalue weighted by molar-refractivity contribution is 14.0. The predicted octanol–water partition coefficient (Wildman–Crippen LogP) is 1.99. The van der Waals surface area contributed by atoms with Crippen LogP contribution in [0, 0.1) is 0 Å². The quantitative estimate of drug-likeness (QED) is 0.429. The molecule has 2 aromatic rings. The Morgan fingerprint density at radius 2 is 2.00 bits per heavy atom. The van der Waals surface area contributed by atoms with E-state index in [1.165, 1.54) is 5.56 Å². The molecule has 120 valence electrons. The monoisotopic (exact) mass is 434 g/mol. The second-order valence-electron chi connectivity index (χ2n) is 4.59. The van der Waals surface area contributed by atoms with Gasteiger partial charge in [0.25, 0.3) is 0 Å². The van der Waals surface area contributed by atoms with Crippen molar-refractivity contribution < 1.29 is 0 Å². The zero-order valence-corrected chi connectivity index (χ0v) is 15.7. The van der Waals surface area contributed by atoms with Gasteiger partial charge < -0.3 is 15.2 Å². The Balaban J connectivity index is 0.00000242. The lowest BCUT2D eigenvalue weighted by Crippen LogP contribution is -2.38. The average Bonchev–Trinajstić information content (AvgIpc) is 2.90. The number of aromatic nitrogens is 3. The molecule has 1 aromatic heterocycles. The lowest BCUT2D eigenvalue weighted by atomic mass is 10.1. The summed E-state index contributed by atoms with van der Waals surface area (Å²) in [6, 6.07) is 7.86. The van der Waals surface area contributed by atoms with Crippen molar-refractivity contribution in [2.75, 3.05) is 13.6 Å². The lowest BCUT2D eigenvalue weighted by molar-refractivity contribution is 0.723. The number of aliphatic imine (C=N–C) groups is 1. The fourth-order valence-corrected chi connectivity index (χ4v) is 1.95. The first-order chi connectivity index (χ1) is 10.2. The van der Waals surface area contributed by atoms with Crippen molar-refractivity contribution in [3.8, 4) is 0 Å². The molecule has 0 bridgehead atoms. The van der Waals surface area contributed by atoms with Crippen LogP contribution in [0.25, 0.3) is 0 Å². The minimum absolute atomic E-state index is 0. The van der Waals surface area contributed by atoms with Crippen molar-refractivity contribution in [2.24, 2.45) is 12.0 Å². The standard InChI is InChI=1S/C14H19ClN6.HI/c1-16-14(18-9-13-20-19-10-21(13)2)17-8-7-11-3-5-12(15)6-4-11;/h3-6,10H,7-9H2,1-2H3,(H2,16,17,18);1H. The molecule has 0 atom stereocenters. The number of guanidine groups is 1. The average molecular weight is 435 g/mol. The molecule has 8 heteroatoms. The Morgan fingerprint density at radius 1 is 1.27 bits per heavy atom. The van der Waals surface area contributed by atoms with Crippen molar-refractivity contribution in [1.82, 2.24) is 25.4 Å². The van der Waals surface area contributed by atoms with Crippen LogP contribution in [0.4, 0.5) is 0 Å². The first-order valence-electron chi connectivity index (χ1n) is 6.71. The molecule has 0 saturated carbocycles. The molecule has 0 unspecified atom stereocenters. The van der Waals surface area contributed by atoms with E-state index in [0.29, 0.717) is 6.54 Å². The van der Waals surface area contributed by atoms with Gasteiger partial charge in [-0.1, -0.05) is 23.7 Å². The van der Waals surface area contributed by atoms with E-state index in [0.717, 1.165) is 29.8 Å². The van der Waals surface area contributed by atoms with Crippen molar-refractivity contribution in [3.05, 3.63) is 47.0 Å². The number of hydrogen-bond acceptors (Lipinski definition) is 3. The van der Waals surface area contributed by atoms with E-state index in [1.54, 1.807) is 13.4 Å². The van der Waals surface area contributed by atoms with E-state index in [9.17, 15) is 0 Å². The van der Waals surface area contributed by atoms with Gasteiger partial charge in [-0.25, -0.2) is 0 Å². The number of nitrogens with one attached hydrogen (secondary N) is 2. The largest absolute Gasteiger partial charge is 0.356 e. The summed E-state index contributed by atoms with van der Waals surface area (Å²) in [5, 5.41) is 15.1. The highest BCUT2D eigenvalue weighted by Crippen LogP contribution is 2.09. The topological polar surface area (TPSA) is 67.1 Å². The number of nitrogens with zero attached hydrogens (tertiary/aromatic N) is 4. The molecule has 6 nitrogen and oxygen atoms in total. The molecule has 0 saturated heterocycles. The Hall–Kier alpha value is -1.35. The van der Waals surface area contributed by atoms with Crippen LogP contribution in [0.3, 0.4) is 0 Å². The zero-order valence-electron chi connectivity index (χ0n) is 12.6. The van der Waals surface area contributed by atoms with Gasteiger partial charge in [-0.3, -0.25) is 4.99 Å². The Kier molecular flexibility index (Phi) is 8.18. The maximum atomic E-state index is 5.86. The van der Waals surface area contributed by atoms with E-state index >= 15 is 0 Å². The van der Waals surface area contributed by atoms with Crippen molar-refractivity contribution >= 4 is 41.5 Å². The van der Waals surface area contributed by atoms with Crippen LogP contribution in [0.5, 0.6) is 0 Å². The van der Waals surface area contributed by atoms with Crippen LogP contribution in [0.1, 0.15) is 11.4 Å². The third kappa shape index (κ3) is 5.80. The molecular weight excluding hydrogens is 415 g/mol. The van der Waals surface area contributed by atoms with Crippen molar-refractivity contribution in [2.45, 2.75) is 13.0 Å². The first-order valence-corrected chi connectivity index (χ1v) is 7.08. The summed E-state index contributed by atoms with van der Waals surface area (Å²) in [5.41, 5.74) is 1.23. The smallest absolute Gasteiger partial charge is 0.191 e. The molecule has 22 heavy (non-hydrogen) atoms. The van der Waals surface area contributed by atoms with Crippen LogP contribution >= 0.6 is 35.6 Å². The van der Waals surface area contributed by atoms with Gasteiger partial charge in [-0.15, -0.1) is 34.2 Å². The normalized spacial score (nSPS) is 11.0. The fourth-order valence-electron chi connectivity index (χ4n) is 1.83. The van der Waals surface area contributed by atoms with Crippen LogP contribution < -0.4 is 10.6 Å². The Bertz CT molecular complexity index is 596. The van der Waals surface area contributed by atoms with Gasteiger partial charge in [-0.2, -0.15) is 0 Å². The maximum Gasteiger partial charge on any atom is 0.191 e. The van der Waals surface area contributed by atoms with Crippen molar-refractivity contribution in [1.29, 1.82) is 0 Å². The van der Waals surface area contributed by atoms with Gasteiger partial charge in [0.1, 0.15) is 6.33 Å². The number of halogens is 2. The molecule has 0 amide bonds. The molecular formula is C14H20ClIN6. The molecule has 0 radical (unpaired) electrons. The third-order valence-corrected chi connectivity index (χ3v) is 3.31. The van der Waals surface area contributed by atoms with Gasteiger partial charge in [-0.05, 0) is 24.1 Å². The zero-order chi connectivity index (χ0) is 15.1. The lowest BCUT2D eigenvalue weighted by Gasteiger charge is -2.11. The van der Waals surface area contributed by atoms with E-state index in [-0.39, 0.29) is 24.0 Å². The Morgan fingerprint density at radius 3 is 2.59 bits per heavy atom. The van der Waals surface area contributed by atoms with Gasteiger partial charge in [0.15, 0.2) is 11.8 Å². The second-order valence-corrected chi connectivity index (χ2v) is 5.02. The molecule has 0 spiro atoms. The van der Waals surface area contributed by atoms with E-state index in [2.05, 4.69) is 25.8 Å². The molecule has 0 aliphatic carbocycles. The second kappa shape index (κ2) is 9.62. The van der Waals surface area contributed by atoms with Crippen LogP contribution in [0.15, 0.2) is 35.6 Å². The summed E-state index contributed by atoms with van der Waals surface area (Å²) < 4.78 is 1.87. The summed E-state index contributed by atoms with van der Waals surface area (Å²) in [4.78, 5) is 4.18. The molecule has 0 aliphatic heterocycles. The van der Waals surface area contributed by atoms with Crippen molar-refractivity contribution in [3.63, 3.8) is 0 Å². The molecule has 2 N–H and O–H groups in total. The number of hydrogen-bond donors (Lipinski definition) is 2.